The zero-order chi connectivity index (χ0) is 18.8. The maximum atomic E-state index is 12.7. The number of aromatic nitrogens is 2. The lowest BCUT2D eigenvalue weighted by molar-refractivity contribution is -0.123. The third-order valence-electron chi connectivity index (χ3n) is 4.91. The van der Waals surface area contributed by atoms with E-state index < -0.39 is 0 Å². The largest absolute Gasteiger partial charge is 0.496 e. The SMILES string of the molecule is COc1ccccc1C1CC(C(=O)NC(C)c2nc3ccccc3[nH]2)NN1. The van der Waals surface area contributed by atoms with Crippen molar-refractivity contribution in [2.75, 3.05) is 7.11 Å². The van der Waals surface area contributed by atoms with Crippen molar-refractivity contribution in [3.63, 3.8) is 0 Å². The van der Waals surface area contributed by atoms with E-state index in [0.717, 1.165) is 28.2 Å². The molecule has 3 atom stereocenters. The highest BCUT2D eigenvalue weighted by Gasteiger charge is 2.32. The number of carbonyl (C=O) groups is 1. The Morgan fingerprint density at radius 1 is 1.19 bits per heavy atom. The molecule has 3 aromatic rings. The number of aromatic amines is 1. The molecule has 0 bridgehead atoms. The minimum atomic E-state index is -0.327. The molecule has 1 fully saturated rings. The first-order valence-electron chi connectivity index (χ1n) is 9.04. The van der Waals surface area contributed by atoms with E-state index in [1.54, 1.807) is 7.11 Å². The van der Waals surface area contributed by atoms with Crippen molar-refractivity contribution in [2.45, 2.75) is 31.5 Å². The van der Waals surface area contributed by atoms with Gasteiger partial charge in [-0.05, 0) is 31.5 Å². The van der Waals surface area contributed by atoms with E-state index >= 15 is 0 Å². The minimum Gasteiger partial charge on any atom is -0.496 e. The van der Waals surface area contributed by atoms with E-state index in [4.69, 9.17) is 4.74 Å². The third kappa shape index (κ3) is 3.51. The van der Waals surface area contributed by atoms with Crippen LogP contribution in [0.25, 0.3) is 11.0 Å². The van der Waals surface area contributed by atoms with Gasteiger partial charge in [-0.15, -0.1) is 0 Å². The van der Waals surface area contributed by atoms with Crippen molar-refractivity contribution in [2.24, 2.45) is 0 Å². The van der Waals surface area contributed by atoms with Crippen molar-refractivity contribution >= 4 is 16.9 Å². The van der Waals surface area contributed by atoms with Crippen molar-refractivity contribution in [1.29, 1.82) is 0 Å². The highest BCUT2D eigenvalue weighted by molar-refractivity contribution is 5.82. The maximum Gasteiger partial charge on any atom is 0.239 e. The number of rotatable bonds is 5. The summed E-state index contributed by atoms with van der Waals surface area (Å²) in [7, 11) is 1.65. The molecular formula is C20H23N5O2. The standard InChI is InChI=1S/C20H23N5O2/c1-12(19-22-14-8-4-5-9-15(14)23-19)21-20(26)17-11-16(24-25-17)13-7-3-6-10-18(13)27-2/h3-10,12,16-17,24-25H,11H2,1-2H3,(H,21,26)(H,22,23). The van der Waals surface area contributed by atoms with Gasteiger partial charge in [0.2, 0.25) is 5.91 Å². The van der Waals surface area contributed by atoms with Crippen LogP contribution >= 0.6 is 0 Å². The van der Waals surface area contributed by atoms with Gasteiger partial charge in [-0.1, -0.05) is 30.3 Å². The summed E-state index contributed by atoms with van der Waals surface area (Å²) in [5.74, 6) is 1.50. The molecule has 0 saturated carbocycles. The smallest absolute Gasteiger partial charge is 0.239 e. The molecule has 2 heterocycles. The molecule has 27 heavy (non-hydrogen) atoms. The van der Waals surface area contributed by atoms with E-state index in [1.165, 1.54) is 0 Å². The molecule has 4 N–H and O–H groups in total. The summed E-state index contributed by atoms with van der Waals surface area (Å²) >= 11 is 0. The van der Waals surface area contributed by atoms with E-state index in [-0.39, 0.29) is 24.0 Å². The van der Waals surface area contributed by atoms with Crippen LogP contribution in [0.3, 0.4) is 0 Å². The first-order valence-corrected chi connectivity index (χ1v) is 9.04. The minimum absolute atomic E-state index is 0.0124. The summed E-state index contributed by atoms with van der Waals surface area (Å²) in [6, 6.07) is 15.1. The number of nitrogens with one attached hydrogen (secondary N) is 4. The Bertz CT molecular complexity index is 921. The van der Waals surface area contributed by atoms with Gasteiger partial charge >= 0.3 is 0 Å². The number of hydrazine groups is 1. The summed E-state index contributed by atoms with van der Waals surface area (Å²) in [5.41, 5.74) is 9.18. The highest BCUT2D eigenvalue weighted by atomic mass is 16.5. The monoisotopic (exact) mass is 365 g/mol. The Hall–Kier alpha value is -2.90. The molecule has 7 nitrogen and oxygen atoms in total. The van der Waals surface area contributed by atoms with Gasteiger partial charge in [-0.25, -0.2) is 15.8 Å². The molecule has 1 aromatic heterocycles. The number of benzene rings is 2. The summed E-state index contributed by atoms with van der Waals surface area (Å²) in [4.78, 5) is 20.5. The Labute approximate surface area is 157 Å². The second kappa shape index (κ2) is 7.38. The van der Waals surface area contributed by atoms with Gasteiger partial charge in [-0.2, -0.15) is 0 Å². The molecule has 3 unspecified atom stereocenters. The number of H-pyrrole nitrogens is 1. The quantitative estimate of drug-likeness (QED) is 0.557. The van der Waals surface area contributed by atoms with Crippen molar-refractivity contribution in [3.05, 3.63) is 59.9 Å². The number of amides is 1. The molecule has 0 radical (unpaired) electrons. The number of carbonyl (C=O) groups excluding carboxylic acids is 1. The van der Waals surface area contributed by atoms with E-state index in [1.807, 2.05) is 55.5 Å². The van der Waals surface area contributed by atoms with Crippen molar-refractivity contribution in [1.82, 2.24) is 26.1 Å². The van der Waals surface area contributed by atoms with Crippen molar-refractivity contribution < 1.29 is 9.53 Å². The van der Waals surface area contributed by atoms with E-state index in [2.05, 4.69) is 26.1 Å². The second-order valence-electron chi connectivity index (χ2n) is 6.74. The van der Waals surface area contributed by atoms with Gasteiger partial charge in [0.05, 0.1) is 30.2 Å². The molecule has 1 aliphatic rings. The average Bonchev–Trinajstić information content (AvgIpc) is 3.35. The van der Waals surface area contributed by atoms with E-state index in [0.29, 0.717) is 6.42 Å². The molecule has 1 amide bonds. The lowest BCUT2D eigenvalue weighted by atomic mass is 10.0. The lowest BCUT2D eigenvalue weighted by Gasteiger charge is -2.15. The molecule has 140 valence electrons. The highest BCUT2D eigenvalue weighted by Crippen LogP contribution is 2.30. The average molecular weight is 365 g/mol. The fourth-order valence-corrected chi connectivity index (χ4v) is 3.45. The van der Waals surface area contributed by atoms with Gasteiger partial charge in [0.15, 0.2) is 0 Å². The number of fused-ring (bicyclic) bond motifs is 1. The number of para-hydroxylation sites is 3. The third-order valence-corrected chi connectivity index (χ3v) is 4.91. The van der Waals surface area contributed by atoms with Gasteiger partial charge in [0.25, 0.3) is 0 Å². The second-order valence-corrected chi connectivity index (χ2v) is 6.74. The van der Waals surface area contributed by atoms with Gasteiger partial charge < -0.3 is 15.0 Å². The summed E-state index contributed by atoms with van der Waals surface area (Å²) < 4.78 is 5.42. The van der Waals surface area contributed by atoms with Gasteiger partial charge in [0.1, 0.15) is 17.6 Å². The van der Waals surface area contributed by atoms with Gasteiger partial charge in [0, 0.05) is 5.56 Å². The van der Waals surface area contributed by atoms with Crippen LogP contribution < -0.4 is 20.9 Å². The molecule has 1 saturated heterocycles. The maximum absolute atomic E-state index is 12.7. The predicted octanol–water partition coefficient (Wildman–Crippen LogP) is 2.36. The lowest BCUT2D eigenvalue weighted by Crippen LogP contribution is -2.44. The molecule has 0 spiro atoms. The predicted molar refractivity (Wildman–Crippen MR) is 103 cm³/mol. The van der Waals surface area contributed by atoms with E-state index in [9.17, 15) is 4.79 Å². The molecule has 1 aliphatic heterocycles. The fourth-order valence-electron chi connectivity index (χ4n) is 3.45. The van der Waals surface area contributed by atoms with Crippen LogP contribution in [0, 0.1) is 0 Å². The Morgan fingerprint density at radius 2 is 1.96 bits per heavy atom. The first kappa shape index (κ1) is 17.5. The van der Waals surface area contributed by atoms with Crippen molar-refractivity contribution in [3.8, 4) is 5.75 Å². The molecule has 4 rings (SSSR count). The topological polar surface area (TPSA) is 91.1 Å². The number of nitrogens with zero attached hydrogens (tertiary/aromatic N) is 1. The van der Waals surface area contributed by atoms with Crippen LogP contribution in [0.4, 0.5) is 0 Å². The number of hydrogen-bond acceptors (Lipinski definition) is 5. The Morgan fingerprint density at radius 3 is 2.78 bits per heavy atom. The normalized spacial score (nSPS) is 20.5. The van der Waals surface area contributed by atoms with Crippen LogP contribution in [-0.4, -0.2) is 29.0 Å². The van der Waals surface area contributed by atoms with Crippen LogP contribution in [0.5, 0.6) is 5.75 Å². The van der Waals surface area contributed by atoms with Crippen LogP contribution in [0.15, 0.2) is 48.5 Å². The molecule has 2 aromatic carbocycles. The number of methoxy groups -OCH3 is 1. The van der Waals surface area contributed by atoms with Gasteiger partial charge in [-0.3, -0.25) is 4.79 Å². The summed E-state index contributed by atoms with van der Waals surface area (Å²) in [5, 5.41) is 3.03. The Balaban J connectivity index is 1.41. The molecular weight excluding hydrogens is 342 g/mol. The number of hydrogen-bond donors (Lipinski definition) is 4. The first-order chi connectivity index (χ1) is 13.2. The number of imidazole rings is 1. The van der Waals surface area contributed by atoms with Crippen LogP contribution in [0.1, 0.15) is 36.8 Å². The van der Waals surface area contributed by atoms with Crippen LogP contribution in [-0.2, 0) is 4.79 Å². The zero-order valence-corrected chi connectivity index (χ0v) is 15.3. The number of ether oxygens (including phenoxy) is 1. The molecule has 7 heteroatoms. The Kier molecular flexibility index (Phi) is 4.79. The fraction of sp³-hybridized carbons (Fsp3) is 0.300. The summed E-state index contributed by atoms with van der Waals surface area (Å²) in [6.45, 7) is 1.93. The zero-order valence-electron chi connectivity index (χ0n) is 15.3. The summed E-state index contributed by atoms with van der Waals surface area (Å²) in [6.07, 6.45) is 0.638. The molecule has 0 aliphatic carbocycles. The van der Waals surface area contributed by atoms with Crippen LogP contribution in [0.2, 0.25) is 0 Å².